The zero-order valence-corrected chi connectivity index (χ0v) is 18.1. The minimum atomic E-state index is -0.0546. The number of hydrogen-bond acceptors (Lipinski definition) is 3. The van der Waals surface area contributed by atoms with E-state index in [0.717, 1.165) is 27.4 Å². The maximum absolute atomic E-state index is 13.6. The van der Waals surface area contributed by atoms with Gasteiger partial charge in [-0.1, -0.05) is 121 Å². The lowest BCUT2D eigenvalue weighted by Gasteiger charge is -2.11. The molecule has 0 bridgehead atoms. The highest BCUT2D eigenvalue weighted by molar-refractivity contribution is 8.12. The zero-order chi connectivity index (χ0) is 21.8. The van der Waals surface area contributed by atoms with Gasteiger partial charge in [-0.25, -0.2) is 0 Å². The molecule has 154 valence electrons. The molecule has 0 amide bonds. The molecule has 0 radical (unpaired) electrons. The van der Waals surface area contributed by atoms with Crippen molar-refractivity contribution >= 4 is 33.8 Å². The van der Waals surface area contributed by atoms with Gasteiger partial charge in [0.2, 0.25) is 0 Å². The maximum Gasteiger partial charge on any atom is 0.197 e. The van der Waals surface area contributed by atoms with Crippen molar-refractivity contribution in [1.82, 2.24) is 0 Å². The second-order valence-corrected chi connectivity index (χ2v) is 8.30. The lowest BCUT2D eigenvalue weighted by molar-refractivity contribution is 0.105. The summed E-state index contributed by atoms with van der Waals surface area (Å²) in [6.45, 7) is 0. The number of allylic oxidation sites excluding steroid dienone is 1. The van der Waals surface area contributed by atoms with Crippen LogP contribution in [0.3, 0.4) is 0 Å². The van der Waals surface area contributed by atoms with Crippen LogP contribution >= 0.6 is 11.8 Å². The number of ether oxygens (including phenoxy) is 1. The molecule has 0 fully saturated rings. The van der Waals surface area contributed by atoms with Crippen molar-refractivity contribution in [2.45, 2.75) is 0 Å². The molecule has 0 saturated heterocycles. The van der Waals surface area contributed by atoms with Gasteiger partial charge in [0.1, 0.15) is 5.76 Å². The minimum Gasteiger partial charge on any atom is -0.448 e. The van der Waals surface area contributed by atoms with Crippen LogP contribution in [0.1, 0.15) is 27.0 Å². The van der Waals surface area contributed by atoms with Crippen LogP contribution in [0, 0.1) is 0 Å². The fraction of sp³-hybridized carbons (Fsp3) is 0. The highest BCUT2D eigenvalue weighted by atomic mass is 32.2. The van der Waals surface area contributed by atoms with E-state index in [9.17, 15) is 4.79 Å². The molecule has 5 rings (SSSR count). The maximum atomic E-state index is 13.6. The van der Waals surface area contributed by atoms with Crippen molar-refractivity contribution in [1.29, 1.82) is 0 Å². The van der Waals surface area contributed by atoms with Gasteiger partial charge in [0.05, 0.1) is 10.5 Å². The Morgan fingerprint density at radius 1 is 0.562 bits per heavy atom. The first-order valence-electron chi connectivity index (χ1n) is 10.4. The van der Waals surface area contributed by atoms with Gasteiger partial charge in [0.15, 0.2) is 10.9 Å². The Morgan fingerprint density at radius 2 is 1.03 bits per heavy atom. The van der Waals surface area contributed by atoms with E-state index in [2.05, 4.69) is 12.1 Å². The van der Waals surface area contributed by atoms with Crippen molar-refractivity contribution < 1.29 is 9.53 Å². The van der Waals surface area contributed by atoms with Crippen LogP contribution in [0.4, 0.5) is 0 Å². The highest BCUT2D eigenvalue weighted by Gasteiger charge is 2.30. The first-order valence-corrected chi connectivity index (χ1v) is 11.2. The van der Waals surface area contributed by atoms with Crippen LogP contribution in [0.25, 0.3) is 16.2 Å². The average Bonchev–Trinajstić information content (AvgIpc) is 3.31. The Kier molecular flexibility index (Phi) is 5.73. The van der Waals surface area contributed by atoms with E-state index in [4.69, 9.17) is 4.74 Å². The highest BCUT2D eigenvalue weighted by Crippen LogP contribution is 2.51. The molecule has 1 heterocycles. The summed E-state index contributed by atoms with van der Waals surface area (Å²) < 4.78 is 6.48. The first kappa shape index (κ1) is 20.1. The molecular weight excluding hydrogens is 412 g/mol. The molecule has 2 nitrogen and oxygen atoms in total. The second kappa shape index (κ2) is 9.13. The quantitative estimate of drug-likeness (QED) is 0.241. The number of rotatable bonds is 5. The minimum absolute atomic E-state index is 0.0546. The van der Waals surface area contributed by atoms with E-state index in [1.54, 1.807) is 0 Å². The van der Waals surface area contributed by atoms with E-state index < -0.39 is 0 Å². The first-order chi connectivity index (χ1) is 15.8. The van der Waals surface area contributed by atoms with E-state index in [1.807, 2.05) is 109 Å². The van der Waals surface area contributed by atoms with Gasteiger partial charge in [-0.05, 0) is 22.9 Å². The zero-order valence-electron chi connectivity index (χ0n) is 17.3. The van der Waals surface area contributed by atoms with E-state index >= 15 is 0 Å². The SMILES string of the molecule is O=C(/C(=C1/OC(c2ccccc2)=C(c2ccccc2)S1)c1ccccc1)c1ccccc1. The number of Topliss-reactive ketones (excluding diaryl/α,β-unsaturated/α-hetero) is 1. The predicted molar refractivity (Wildman–Crippen MR) is 133 cm³/mol. The topological polar surface area (TPSA) is 26.3 Å². The summed E-state index contributed by atoms with van der Waals surface area (Å²) in [4.78, 5) is 14.6. The van der Waals surface area contributed by atoms with Gasteiger partial charge in [-0.15, -0.1) is 0 Å². The Bertz CT molecular complexity index is 1240. The van der Waals surface area contributed by atoms with Crippen LogP contribution < -0.4 is 0 Å². The van der Waals surface area contributed by atoms with E-state index in [0.29, 0.717) is 16.2 Å². The smallest absolute Gasteiger partial charge is 0.197 e. The predicted octanol–water partition coefficient (Wildman–Crippen LogP) is 7.53. The molecular formula is C29H20O2S. The molecule has 1 aliphatic heterocycles. The fourth-order valence-electron chi connectivity index (χ4n) is 3.64. The van der Waals surface area contributed by atoms with E-state index in [-0.39, 0.29) is 5.78 Å². The lowest BCUT2D eigenvalue weighted by atomic mass is 9.98. The molecule has 0 N–H and O–H groups in total. The van der Waals surface area contributed by atoms with Crippen molar-refractivity contribution in [2.75, 3.05) is 0 Å². The lowest BCUT2D eigenvalue weighted by Crippen LogP contribution is -2.05. The molecule has 32 heavy (non-hydrogen) atoms. The summed E-state index contributed by atoms with van der Waals surface area (Å²) in [7, 11) is 0. The number of benzene rings is 4. The van der Waals surface area contributed by atoms with Crippen molar-refractivity contribution in [3.05, 3.63) is 149 Å². The normalized spacial score (nSPS) is 14.8. The van der Waals surface area contributed by atoms with Gasteiger partial charge >= 0.3 is 0 Å². The van der Waals surface area contributed by atoms with Gasteiger partial charge in [0.25, 0.3) is 0 Å². The number of ketones is 1. The summed E-state index contributed by atoms with van der Waals surface area (Å²) in [6, 6.07) is 39.3. The third-order valence-electron chi connectivity index (χ3n) is 5.20. The van der Waals surface area contributed by atoms with E-state index in [1.165, 1.54) is 11.8 Å². The van der Waals surface area contributed by atoms with Crippen molar-refractivity contribution in [2.24, 2.45) is 0 Å². The molecule has 4 aromatic carbocycles. The van der Waals surface area contributed by atoms with Crippen LogP contribution in [-0.2, 0) is 4.74 Å². The van der Waals surface area contributed by atoms with Crippen LogP contribution in [0.2, 0.25) is 0 Å². The van der Waals surface area contributed by atoms with Gasteiger partial charge in [0, 0.05) is 11.1 Å². The number of hydrogen-bond donors (Lipinski definition) is 0. The van der Waals surface area contributed by atoms with Crippen LogP contribution in [0.5, 0.6) is 0 Å². The average molecular weight is 433 g/mol. The summed E-state index contributed by atoms with van der Waals surface area (Å²) in [6.07, 6.45) is 0. The molecule has 0 unspecified atom stereocenters. The third-order valence-corrected chi connectivity index (χ3v) is 6.30. The Hall–Kier alpha value is -3.82. The third kappa shape index (κ3) is 4.03. The number of carbonyl (C=O) groups excluding carboxylic acids is 1. The Balaban J connectivity index is 1.67. The molecule has 0 spiro atoms. The molecule has 0 aromatic heterocycles. The monoisotopic (exact) mass is 432 g/mol. The molecule has 3 heteroatoms. The summed E-state index contributed by atoms with van der Waals surface area (Å²) in [5.74, 6) is 0.715. The van der Waals surface area contributed by atoms with Crippen molar-refractivity contribution in [3.63, 3.8) is 0 Å². The standard InChI is InChI=1S/C29H20O2S/c30-26(22-15-7-2-8-16-22)25(21-13-5-1-6-14-21)29-31-27(23-17-9-3-10-18-23)28(32-29)24-19-11-4-12-20-24/h1-20H/b29-25-. The van der Waals surface area contributed by atoms with Crippen molar-refractivity contribution in [3.8, 4) is 0 Å². The van der Waals surface area contributed by atoms with Gasteiger partial charge in [-0.2, -0.15) is 0 Å². The largest absolute Gasteiger partial charge is 0.448 e. The Labute approximate surface area is 191 Å². The summed E-state index contributed by atoms with van der Waals surface area (Å²) in [5.41, 5.74) is 4.09. The Morgan fingerprint density at radius 3 is 1.59 bits per heavy atom. The molecule has 4 aromatic rings. The second-order valence-electron chi connectivity index (χ2n) is 7.32. The van der Waals surface area contributed by atoms with Gasteiger partial charge < -0.3 is 4.74 Å². The van der Waals surface area contributed by atoms with Crippen LogP contribution in [-0.4, -0.2) is 5.78 Å². The number of carbonyl (C=O) groups is 1. The number of thioether (sulfide) groups is 1. The molecule has 0 atom stereocenters. The molecule has 1 aliphatic rings. The van der Waals surface area contributed by atoms with Crippen LogP contribution in [0.15, 0.2) is 126 Å². The molecule has 0 aliphatic carbocycles. The summed E-state index contributed by atoms with van der Waals surface area (Å²) >= 11 is 1.51. The summed E-state index contributed by atoms with van der Waals surface area (Å²) in [5, 5.41) is 0.600. The fourth-order valence-corrected chi connectivity index (χ4v) is 4.77. The van der Waals surface area contributed by atoms with Gasteiger partial charge in [-0.3, -0.25) is 4.79 Å². The molecule has 0 saturated carbocycles.